The first-order valence-electron chi connectivity index (χ1n) is 7.66. The number of benzene rings is 3. The molecule has 1 heterocycles. The maximum Gasteiger partial charge on any atom is 0.231 e. The minimum atomic E-state index is -0.289. The van der Waals surface area contributed by atoms with Crippen LogP contribution < -0.4 is 9.47 Å². The zero-order chi connectivity index (χ0) is 16.7. The summed E-state index contributed by atoms with van der Waals surface area (Å²) < 4.78 is 24.6. The van der Waals surface area contributed by atoms with Crippen LogP contribution in [0.4, 0.5) is 4.39 Å². The van der Waals surface area contributed by atoms with Crippen molar-refractivity contribution in [3.8, 4) is 28.7 Å². The molecule has 118 valence electrons. The fourth-order valence-corrected chi connectivity index (χ4v) is 3.28. The second kappa shape index (κ2) is 5.54. The molecule has 0 aromatic heterocycles. The van der Waals surface area contributed by atoms with Crippen LogP contribution in [-0.4, -0.2) is 6.79 Å². The van der Waals surface area contributed by atoms with Crippen LogP contribution in [0.2, 0.25) is 0 Å². The van der Waals surface area contributed by atoms with Gasteiger partial charge in [0.2, 0.25) is 6.79 Å². The van der Waals surface area contributed by atoms with Gasteiger partial charge in [0.25, 0.3) is 0 Å². The summed E-state index contributed by atoms with van der Waals surface area (Å²) in [5.74, 6) is 1.09. The highest BCUT2D eigenvalue weighted by molar-refractivity contribution is 6.04. The Hall–Kier alpha value is -3.06. The third kappa shape index (κ3) is 2.17. The highest BCUT2D eigenvalue weighted by Crippen LogP contribution is 2.46. The van der Waals surface area contributed by atoms with Gasteiger partial charge in [0.1, 0.15) is 5.82 Å². The molecule has 1 aliphatic rings. The highest BCUT2D eigenvalue weighted by Gasteiger charge is 2.22. The van der Waals surface area contributed by atoms with Crippen molar-refractivity contribution in [2.24, 2.45) is 0 Å². The number of nitriles is 1. The zero-order valence-corrected chi connectivity index (χ0v) is 13.1. The van der Waals surface area contributed by atoms with Crippen molar-refractivity contribution in [2.75, 3.05) is 6.79 Å². The quantitative estimate of drug-likeness (QED) is 0.684. The molecule has 4 heteroatoms. The molecule has 0 amide bonds. The van der Waals surface area contributed by atoms with Crippen LogP contribution in [0.15, 0.2) is 42.5 Å². The van der Waals surface area contributed by atoms with Crippen molar-refractivity contribution in [3.63, 3.8) is 0 Å². The molecule has 24 heavy (non-hydrogen) atoms. The molecule has 0 atom stereocenters. The number of rotatable bonds is 2. The van der Waals surface area contributed by atoms with Crippen LogP contribution in [0, 0.1) is 24.1 Å². The fourth-order valence-electron chi connectivity index (χ4n) is 3.28. The van der Waals surface area contributed by atoms with E-state index < -0.39 is 0 Å². The molecule has 0 radical (unpaired) electrons. The topological polar surface area (TPSA) is 42.2 Å². The maximum absolute atomic E-state index is 13.4. The number of ether oxygens (including phenoxy) is 2. The van der Waals surface area contributed by atoms with E-state index in [9.17, 15) is 9.65 Å². The standard InChI is InChI=1S/C20H14FNO2/c1-12-10-14-4-7-17-20(24-11-23-17)19(14)18(16(12)8-9-22)13-2-5-15(21)6-3-13/h2-7,10H,8,11H2,1H3. The first kappa shape index (κ1) is 14.5. The summed E-state index contributed by atoms with van der Waals surface area (Å²) in [7, 11) is 0. The number of aryl methyl sites for hydroxylation is 1. The summed E-state index contributed by atoms with van der Waals surface area (Å²) in [6.07, 6.45) is 0.277. The largest absolute Gasteiger partial charge is 0.454 e. The van der Waals surface area contributed by atoms with E-state index in [2.05, 4.69) is 12.1 Å². The van der Waals surface area contributed by atoms with Gasteiger partial charge in [0.05, 0.1) is 12.5 Å². The number of halogens is 1. The molecular formula is C20H14FNO2. The Bertz CT molecular complexity index is 987. The van der Waals surface area contributed by atoms with Gasteiger partial charge in [-0.05, 0) is 52.8 Å². The van der Waals surface area contributed by atoms with Crippen molar-refractivity contribution in [2.45, 2.75) is 13.3 Å². The second-order valence-corrected chi connectivity index (χ2v) is 5.79. The van der Waals surface area contributed by atoms with Crippen molar-refractivity contribution in [1.29, 1.82) is 5.26 Å². The van der Waals surface area contributed by atoms with Crippen molar-refractivity contribution in [3.05, 3.63) is 59.4 Å². The Kier molecular flexibility index (Phi) is 3.35. The van der Waals surface area contributed by atoms with E-state index in [0.717, 1.165) is 33.0 Å². The van der Waals surface area contributed by atoms with Gasteiger partial charge in [-0.1, -0.05) is 24.3 Å². The Balaban J connectivity index is 2.14. The van der Waals surface area contributed by atoms with Crippen LogP contribution in [0.3, 0.4) is 0 Å². The molecule has 0 fully saturated rings. The Morgan fingerprint density at radius 3 is 2.67 bits per heavy atom. The van der Waals surface area contributed by atoms with E-state index in [4.69, 9.17) is 9.47 Å². The average molecular weight is 319 g/mol. The predicted molar refractivity (Wildman–Crippen MR) is 89.5 cm³/mol. The average Bonchev–Trinajstić information content (AvgIpc) is 3.05. The third-order valence-electron chi connectivity index (χ3n) is 4.36. The monoisotopic (exact) mass is 319 g/mol. The molecule has 0 bridgehead atoms. The Morgan fingerprint density at radius 1 is 1.12 bits per heavy atom. The summed E-state index contributed by atoms with van der Waals surface area (Å²) in [5, 5.41) is 11.2. The number of hydrogen-bond donors (Lipinski definition) is 0. The van der Waals surface area contributed by atoms with Gasteiger partial charge >= 0.3 is 0 Å². The summed E-state index contributed by atoms with van der Waals surface area (Å²) in [6, 6.07) is 14.5. The molecule has 0 spiro atoms. The summed E-state index contributed by atoms with van der Waals surface area (Å²) in [4.78, 5) is 0. The molecule has 0 unspecified atom stereocenters. The van der Waals surface area contributed by atoms with E-state index in [1.54, 1.807) is 12.1 Å². The van der Waals surface area contributed by atoms with Crippen LogP contribution in [-0.2, 0) is 6.42 Å². The number of hydrogen-bond acceptors (Lipinski definition) is 3. The van der Waals surface area contributed by atoms with Gasteiger partial charge in [0.15, 0.2) is 11.5 Å². The van der Waals surface area contributed by atoms with Gasteiger partial charge in [-0.3, -0.25) is 0 Å². The number of nitrogens with zero attached hydrogens (tertiary/aromatic N) is 1. The fraction of sp³-hybridized carbons (Fsp3) is 0.150. The molecule has 0 aliphatic carbocycles. The van der Waals surface area contributed by atoms with E-state index in [1.807, 2.05) is 19.1 Å². The summed E-state index contributed by atoms with van der Waals surface area (Å²) in [6.45, 7) is 2.17. The SMILES string of the molecule is Cc1cc2ccc3c(c2c(-c2ccc(F)cc2)c1CC#N)OCO3. The molecular weight excluding hydrogens is 305 g/mol. The second-order valence-electron chi connectivity index (χ2n) is 5.79. The van der Waals surface area contributed by atoms with Gasteiger partial charge in [0, 0.05) is 5.39 Å². The lowest BCUT2D eigenvalue weighted by Gasteiger charge is -2.16. The molecule has 3 nitrogen and oxygen atoms in total. The molecule has 3 aromatic rings. The van der Waals surface area contributed by atoms with Gasteiger partial charge in [-0.25, -0.2) is 4.39 Å². The first-order chi connectivity index (χ1) is 11.7. The summed E-state index contributed by atoms with van der Waals surface area (Å²) in [5.41, 5.74) is 3.73. The van der Waals surface area contributed by atoms with E-state index >= 15 is 0 Å². The third-order valence-corrected chi connectivity index (χ3v) is 4.36. The van der Waals surface area contributed by atoms with E-state index in [-0.39, 0.29) is 19.0 Å². The van der Waals surface area contributed by atoms with Crippen molar-refractivity contribution < 1.29 is 13.9 Å². The van der Waals surface area contributed by atoms with Gasteiger partial charge < -0.3 is 9.47 Å². The lowest BCUT2D eigenvalue weighted by atomic mass is 9.88. The Labute approximate surface area is 138 Å². The molecule has 0 saturated heterocycles. The van der Waals surface area contributed by atoms with Crippen LogP contribution in [0.5, 0.6) is 11.5 Å². The number of fused-ring (bicyclic) bond motifs is 3. The van der Waals surface area contributed by atoms with E-state index in [1.165, 1.54) is 12.1 Å². The Morgan fingerprint density at radius 2 is 1.92 bits per heavy atom. The predicted octanol–water partition coefficient (Wildman–Crippen LogP) is 4.75. The molecule has 0 saturated carbocycles. The molecule has 3 aromatic carbocycles. The van der Waals surface area contributed by atoms with Crippen LogP contribution >= 0.6 is 0 Å². The van der Waals surface area contributed by atoms with E-state index in [0.29, 0.717) is 11.5 Å². The lowest BCUT2D eigenvalue weighted by Crippen LogP contribution is -1.97. The molecule has 0 N–H and O–H groups in total. The molecule has 1 aliphatic heterocycles. The van der Waals surface area contributed by atoms with Gasteiger partial charge in [-0.2, -0.15) is 5.26 Å². The highest BCUT2D eigenvalue weighted by atomic mass is 19.1. The smallest absolute Gasteiger partial charge is 0.231 e. The lowest BCUT2D eigenvalue weighted by molar-refractivity contribution is 0.175. The van der Waals surface area contributed by atoms with Gasteiger partial charge in [-0.15, -0.1) is 0 Å². The van der Waals surface area contributed by atoms with Crippen LogP contribution in [0.25, 0.3) is 21.9 Å². The van der Waals surface area contributed by atoms with Crippen molar-refractivity contribution >= 4 is 10.8 Å². The zero-order valence-electron chi connectivity index (χ0n) is 13.1. The minimum absolute atomic E-state index is 0.179. The van der Waals surface area contributed by atoms with Crippen molar-refractivity contribution in [1.82, 2.24) is 0 Å². The van der Waals surface area contributed by atoms with Crippen LogP contribution in [0.1, 0.15) is 11.1 Å². The molecule has 4 rings (SSSR count). The summed E-state index contributed by atoms with van der Waals surface area (Å²) >= 11 is 0. The normalized spacial score (nSPS) is 12.4. The first-order valence-corrected chi connectivity index (χ1v) is 7.66. The minimum Gasteiger partial charge on any atom is -0.454 e. The maximum atomic E-state index is 13.4.